The number of carboxylic acids is 2. The van der Waals surface area contributed by atoms with Gasteiger partial charge < -0.3 is 25.3 Å². The maximum absolute atomic E-state index is 10.4. The van der Waals surface area contributed by atoms with Crippen molar-refractivity contribution in [3.8, 4) is 0 Å². The molecular formula is C20H26CaN2O5. The molecule has 0 aromatic carbocycles. The van der Waals surface area contributed by atoms with Gasteiger partial charge in [-0.15, -0.1) is 0 Å². The van der Waals surface area contributed by atoms with Crippen molar-refractivity contribution >= 4 is 49.7 Å². The molecule has 0 saturated heterocycles. The van der Waals surface area contributed by atoms with Gasteiger partial charge in [0.2, 0.25) is 0 Å². The Balaban J connectivity index is 0. The number of unbranched alkanes of at least 4 members (excludes halogenated alkanes) is 2. The van der Waals surface area contributed by atoms with Crippen LogP contribution in [0.25, 0.3) is 0 Å². The topological polar surface area (TPSA) is 138 Å². The normalized spacial score (nSPS) is 9.21. The van der Waals surface area contributed by atoms with E-state index >= 15 is 0 Å². The molecule has 0 aliphatic carbocycles. The quantitative estimate of drug-likeness (QED) is 0.572. The van der Waals surface area contributed by atoms with Crippen molar-refractivity contribution in [2.24, 2.45) is 0 Å². The van der Waals surface area contributed by atoms with Crippen LogP contribution in [0.3, 0.4) is 0 Å². The smallest absolute Gasteiger partial charge is 0.543 e. The molecule has 0 amide bonds. The summed E-state index contributed by atoms with van der Waals surface area (Å²) in [6, 6.07) is 6.54. The Labute approximate surface area is 195 Å². The third kappa shape index (κ3) is 11.3. The zero-order valence-corrected chi connectivity index (χ0v) is 18.6. The van der Waals surface area contributed by atoms with E-state index in [1.54, 1.807) is 24.5 Å². The van der Waals surface area contributed by atoms with Crippen molar-refractivity contribution < 1.29 is 25.3 Å². The fraction of sp³-hybridized carbons (Fsp3) is 0.400. The van der Waals surface area contributed by atoms with Crippen LogP contribution in [-0.2, 0) is 12.8 Å². The van der Waals surface area contributed by atoms with Crippen molar-refractivity contribution in [1.29, 1.82) is 0 Å². The first-order valence-corrected chi connectivity index (χ1v) is 8.80. The maximum Gasteiger partial charge on any atom is 2.00 e. The number of aromatic carboxylic acids is 2. The molecule has 8 heteroatoms. The Kier molecular flexibility index (Phi) is 16.8. The second-order valence-electron chi connectivity index (χ2n) is 5.89. The Morgan fingerprint density at radius 2 is 1.14 bits per heavy atom. The monoisotopic (exact) mass is 414 g/mol. The predicted octanol–water partition coefficient (Wildman–Crippen LogP) is 0.370. The first-order chi connectivity index (χ1) is 12.5. The average Bonchev–Trinajstić information content (AvgIpc) is 2.66. The van der Waals surface area contributed by atoms with Crippen LogP contribution < -0.4 is 10.2 Å². The van der Waals surface area contributed by atoms with Gasteiger partial charge in [-0.05, 0) is 48.9 Å². The van der Waals surface area contributed by atoms with Crippen LogP contribution in [0.1, 0.15) is 71.6 Å². The summed E-state index contributed by atoms with van der Waals surface area (Å²) >= 11 is 0. The molecule has 0 radical (unpaired) electrons. The van der Waals surface area contributed by atoms with Gasteiger partial charge in [0.15, 0.2) is 0 Å². The van der Waals surface area contributed by atoms with Crippen LogP contribution in [0.5, 0.6) is 0 Å². The molecule has 2 aromatic heterocycles. The van der Waals surface area contributed by atoms with Crippen molar-refractivity contribution in [3.05, 3.63) is 59.2 Å². The summed E-state index contributed by atoms with van der Waals surface area (Å²) in [7, 11) is 0. The number of carbonyl (C=O) groups is 2. The van der Waals surface area contributed by atoms with E-state index in [9.17, 15) is 19.8 Å². The molecule has 7 nitrogen and oxygen atoms in total. The number of aryl methyl sites for hydroxylation is 2. The van der Waals surface area contributed by atoms with Gasteiger partial charge in [-0.2, -0.15) is 0 Å². The van der Waals surface area contributed by atoms with Gasteiger partial charge in [-0.25, -0.2) is 0 Å². The molecule has 0 unspecified atom stereocenters. The molecule has 0 spiro atoms. The van der Waals surface area contributed by atoms with Crippen LogP contribution in [0.15, 0.2) is 36.7 Å². The first-order valence-electron chi connectivity index (χ1n) is 8.80. The van der Waals surface area contributed by atoms with Gasteiger partial charge in [-0.3, -0.25) is 9.97 Å². The predicted molar refractivity (Wildman–Crippen MR) is 104 cm³/mol. The fourth-order valence-electron chi connectivity index (χ4n) is 2.15. The third-order valence-corrected chi connectivity index (χ3v) is 3.71. The molecule has 0 fully saturated rings. The van der Waals surface area contributed by atoms with Crippen LogP contribution in [0.2, 0.25) is 0 Å². The van der Waals surface area contributed by atoms with Crippen molar-refractivity contribution in [1.82, 2.24) is 9.97 Å². The molecule has 0 aliphatic rings. The Morgan fingerprint density at radius 1 is 0.786 bits per heavy atom. The zero-order chi connectivity index (χ0) is 19.4. The van der Waals surface area contributed by atoms with Crippen LogP contribution in [0, 0.1) is 0 Å². The number of pyridine rings is 2. The fourth-order valence-corrected chi connectivity index (χ4v) is 2.15. The number of hydrogen-bond acceptors (Lipinski definition) is 6. The van der Waals surface area contributed by atoms with Crippen LogP contribution in [-0.4, -0.2) is 65.1 Å². The SMILES string of the molecule is CCCCc1ccc(C(=O)[O-])nc1.CCCCc1ccc(C(=O)[O-])nc1.O.[Ca+2]. The van der Waals surface area contributed by atoms with Gasteiger partial charge in [0.25, 0.3) is 0 Å². The van der Waals surface area contributed by atoms with Crippen molar-refractivity contribution in [2.45, 2.75) is 52.4 Å². The number of rotatable bonds is 8. The summed E-state index contributed by atoms with van der Waals surface area (Å²) in [5, 5.41) is 20.7. The van der Waals surface area contributed by atoms with E-state index in [4.69, 9.17) is 0 Å². The minimum atomic E-state index is -1.22. The minimum absolute atomic E-state index is 0. The summed E-state index contributed by atoms with van der Waals surface area (Å²) < 4.78 is 0. The van der Waals surface area contributed by atoms with Gasteiger partial charge in [0.05, 0.1) is 23.3 Å². The Bertz CT molecular complexity index is 629. The molecule has 0 atom stereocenters. The van der Waals surface area contributed by atoms with Crippen LogP contribution in [0.4, 0.5) is 0 Å². The summed E-state index contributed by atoms with van der Waals surface area (Å²) in [6.07, 6.45) is 9.57. The minimum Gasteiger partial charge on any atom is -0.543 e. The molecule has 2 N–H and O–H groups in total. The molecule has 0 aliphatic heterocycles. The van der Waals surface area contributed by atoms with E-state index in [1.165, 1.54) is 12.1 Å². The van der Waals surface area contributed by atoms with Gasteiger partial charge in [-0.1, -0.05) is 38.8 Å². The second kappa shape index (κ2) is 16.4. The number of aromatic nitrogens is 2. The number of carboxylic acid groups (broad SMARTS) is 2. The van der Waals surface area contributed by atoms with Gasteiger partial charge >= 0.3 is 37.7 Å². The zero-order valence-electron chi connectivity index (χ0n) is 16.4. The summed E-state index contributed by atoms with van der Waals surface area (Å²) in [5.41, 5.74) is 2.15. The summed E-state index contributed by atoms with van der Waals surface area (Å²) in [5.74, 6) is -2.44. The average molecular weight is 415 g/mol. The van der Waals surface area contributed by atoms with Crippen molar-refractivity contribution in [2.75, 3.05) is 0 Å². The molecule has 0 bridgehead atoms. The molecule has 28 heavy (non-hydrogen) atoms. The van der Waals surface area contributed by atoms with E-state index < -0.39 is 11.9 Å². The number of nitrogens with zero attached hydrogens (tertiary/aromatic N) is 2. The Morgan fingerprint density at radius 3 is 1.36 bits per heavy atom. The van der Waals surface area contributed by atoms with E-state index in [0.29, 0.717) is 0 Å². The van der Waals surface area contributed by atoms with E-state index in [0.717, 1.165) is 49.7 Å². The summed E-state index contributed by atoms with van der Waals surface area (Å²) in [6.45, 7) is 4.23. The number of carbonyl (C=O) groups excluding carboxylic acids is 2. The van der Waals surface area contributed by atoms with E-state index in [-0.39, 0.29) is 54.6 Å². The van der Waals surface area contributed by atoms with Gasteiger partial charge in [0, 0.05) is 12.4 Å². The van der Waals surface area contributed by atoms with E-state index in [1.807, 2.05) is 0 Å². The van der Waals surface area contributed by atoms with E-state index in [2.05, 4.69) is 23.8 Å². The van der Waals surface area contributed by atoms with Crippen LogP contribution >= 0.6 is 0 Å². The molecular weight excluding hydrogens is 388 g/mol. The largest absolute Gasteiger partial charge is 2.00 e. The maximum atomic E-state index is 10.4. The molecule has 2 heterocycles. The standard InChI is InChI=1S/2C10H13NO2.Ca.H2O/c2*1-2-3-4-8-5-6-9(10(12)13)11-7-8;;/h2*5-7H,2-4H2,1H3,(H,12,13);;1H2/q;;+2;/p-2. The molecule has 0 saturated carbocycles. The second-order valence-corrected chi connectivity index (χ2v) is 5.89. The molecule has 2 aromatic rings. The van der Waals surface area contributed by atoms with Gasteiger partial charge in [0.1, 0.15) is 0 Å². The van der Waals surface area contributed by atoms with Crippen molar-refractivity contribution in [3.63, 3.8) is 0 Å². The third-order valence-electron chi connectivity index (χ3n) is 3.71. The molecule has 2 rings (SSSR count). The summed E-state index contributed by atoms with van der Waals surface area (Å²) in [4.78, 5) is 28.2. The first kappa shape index (κ1) is 28.7. The Hall–Kier alpha value is -1.54. The molecule has 148 valence electrons. The number of hydrogen-bond donors (Lipinski definition) is 0.